The van der Waals surface area contributed by atoms with E-state index < -0.39 is 0 Å². The van der Waals surface area contributed by atoms with Crippen LogP contribution in [0.5, 0.6) is 0 Å². The Bertz CT molecular complexity index is 298. The summed E-state index contributed by atoms with van der Waals surface area (Å²) < 4.78 is 0. The van der Waals surface area contributed by atoms with Crippen molar-refractivity contribution in [3.8, 4) is 0 Å². The lowest BCUT2D eigenvalue weighted by Gasteiger charge is -2.16. The van der Waals surface area contributed by atoms with Gasteiger partial charge in [-0.15, -0.1) is 0 Å². The SMILES string of the molecule is CC(C)CNC(C)c1ccc(C(C)C)cc1. The van der Waals surface area contributed by atoms with Gasteiger partial charge in [-0.05, 0) is 36.4 Å². The second kappa shape index (κ2) is 6.05. The lowest BCUT2D eigenvalue weighted by molar-refractivity contribution is 0.496. The molecule has 1 aromatic rings. The molecule has 0 spiro atoms. The van der Waals surface area contributed by atoms with E-state index in [-0.39, 0.29) is 0 Å². The van der Waals surface area contributed by atoms with Crippen LogP contribution in [0.15, 0.2) is 24.3 Å². The quantitative estimate of drug-likeness (QED) is 0.785. The first kappa shape index (κ1) is 13.2. The minimum atomic E-state index is 0.448. The van der Waals surface area contributed by atoms with Crippen LogP contribution in [-0.2, 0) is 0 Å². The van der Waals surface area contributed by atoms with Crippen molar-refractivity contribution in [3.05, 3.63) is 35.4 Å². The summed E-state index contributed by atoms with van der Waals surface area (Å²) in [4.78, 5) is 0. The number of rotatable bonds is 5. The molecule has 1 atom stereocenters. The first-order valence-corrected chi connectivity index (χ1v) is 6.34. The second-order valence-corrected chi connectivity index (χ2v) is 5.35. The molecule has 1 unspecified atom stereocenters. The molecule has 0 bridgehead atoms. The molecular weight excluding hydrogens is 194 g/mol. The standard InChI is InChI=1S/C15H25N/c1-11(2)10-16-13(5)15-8-6-14(7-9-15)12(3)4/h6-9,11-13,16H,10H2,1-5H3. The van der Waals surface area contributed by atoms with Gasteiger partial charge in [0.25, 0.3) is 0 Å². The van der Waals surface area contributed by atoms with E-state index in [9.17, 15) is 0 Å². The predicted octanol–water partition coefficient (Wildman–Crippen LogP) is 4.12. The summed E-state index contributed by atoms with van der Waals surface area (Å²) in [5.41, 5.74) is 2.80. The van der Waals surface area contributed by atoms with Crippen LogP contribution in [-0.4, -0.2) is 6.54 Å². The average Bonchev–Trinajstić information content (AvgIpc) is 2.26. The van der Waals surface area contributed by atoms with Gasteiger partial charge >= 0.3 is 0 Å². The summed E-state index contributed by atoms with van der Waals surface area (Å²) in [7, 11) is 0. The highest BCUT2D eigenvalue weighted by atomic mass is 14.9. The first-order chi connectivity index (χ1) is 7.50. The van der Waals surface area contributed by atoms with E-state index in [1.54, 1.807) is 0 Å². The third-order valence-electron chi connectivity index (χ3n) is 2.94. The molecule has 0 aliphatic carbocycles. The van der Waals surface area contributed by atoms with E-state index in [0.717, 1.165) is 6.54 Å². The summed E-state index contributed by atoms with van der Waals surface area (Å²) in [6.07, 6.45) is 0. The summed E-state index contributed by atoms with van der Waals surface area (Å²) in [6.45, 7) is 12.2. The molecule has 0 aromatic heterocycles. The van der Waals surface area contributed by atoms with Crippen LogP contribution >= 0.6 is 0 Å². The third-order valence-corrected chi connectivity index (χ3v) is 2.94. The molecule has 0 heterocycles. The molecule has 90 valence electrons. The second-order valence-electron chi connectivity index (χ2n) is 5.35. The molecular formula is C15H25N. The summed E-state index contributed by atoms with van der Waals surface area (Å²) >= 11 is 0. The van der Waals surface area contributed by atoms with Crippen molar-refractivity contribution < 1.29 is 0 Å². The Hall–Kier alpha value is -0.820. The van der Waals surface area contributed by atoms with E-state index in [2.05, 4.69) is 64.2 Å². The van der Waals surface area contributed by atoms with Gasteiger partial charge in [-0.1, -0.05) is 52.0 Å². The van der Waals surface area contributed by atoms with Crippen LogP contribution in [0.3, 0.4) is 0 Å². The molecule has 1 heteroatoms. The van der Waals surface area contributed by atoms with Crippen molar-refractivity contribution in [2.45, 2.75) is 46.6 Å². The predicted molar refractivity (Wildman–Crippen MR) is 71.8 cm³/mol. The molecule has 0 aliphatic rings. The highest BCUT2D eigenvalue weighted by molar-refractivity contribution is 5.26. The van der Waals surface area contributed by atoms with Crippen molar-refractivity contribution in [2.75, 3.05) is 6.54 Å². The maximum Gasteiger partial charge on any atom is 0.0291 e. The minimum Gasteiger partial charge on any atom is -0.310 e. The fourth-order valence-corrected chi connectivity index (χ4v) is 1.70. The van der Waals surface area contributed by atoms with Crippen molar-refractivity contribution in [2.24, 2.45) is 5.92 Å². The Labute approximate surface area is 100 Å². The number of nitrogens with one attached hydrogen (secondary N) is 1. The van der Waals surface area contributed by atoms with Gasteiger partial charge in [0.1, 0.15) is 0 Å². The molecule has 1 rings (SSSR count). The Morgan fingerprint density at radius 1 is 0.875 bits per heavy atom. The van der Waals surface area contributed by atoms with Gasteiger partial charge in [0, 0.05) is 6.04 Å². The molecule has 1 aromatic carbocycles. The molecule has 0 aliphatic heterocycles. The van der Waals surface area contributed by atoms with Crippen LogP contribution in [0.2, 0.25) is 0 Å². The van der Waals surface area contributed by atoms with Crippen LogP contribution in [0.25, 0.3) is 0 Å². The van der Waals surface area contributed by atoms with Crippen LogP contribution in [0, 0.1) is 5.92 Å². The van der Waals surface area contributed by atoms with E-state index >= 15 is 0 Å². The smallest absolute Gasteiger partial charge is 0.0291 e. The fourth-order valence-electron chi connectivity index (χ4n) is 1.70. The van der Waals surface area contributed by atoms with Crippen LogP contribution in [0.4, 0.5) is 0 Å². The molecule has 1 N–H and O–H groups in total. The van der Waals surface area contributed by atoms with Crippen molar-refractivity contribution in [1.29, 1.82) is 0 Å². The maximum absolute atomic E-state index is 3.55. The van der Waals surface area contributed by atoms with Crippen molar-refractivity contribution in [1.82, 2.24) is 5.32 Å². The summed E-state index contributed by atoms with van der Waals surface area (Å²) in [6, 6.07) is 9.42. The van der Waals surface area contributed by atoms with E-state index in [4.69, 9.17) is 0 Å². The zero-order chi connectivity index (χ0) is 12.1. The zero-order valence-electron chi connectivity index (χ0n) is 11.2. The minimum absolute atomic E-state index is 0.448. The summed E-state index contributed by atoms with van der Waals surface area (Å²) in [5, 5.41) is 3.55. The Morgan fingerprint density at radius 3 is 1.81 bits per heavy atom. The van der Waals surface area contributed by atoms with E-state index in [0.29, 0.717) is 17.9 Å². The van der Waals surface area contributed by atoms with Gasteiger partial charge < -0.3 is 5.32 Å². The van der Waals surface area contributed by atoms with Gasteiger partial charge in [0.05, 0.1) is 0 Å². The molecule has 0 radical (unpaired) electrons. The average molecular weight is 219 g/mol. The number of hydrogen-bond acceptors (Lipinski definition) is 1. The highest BCUT2D eigenvalue weighted by Gasteiger charge is 2.06. The van der Waals surface area contributed by atoms with Gasteiger partial charge in [-0.2, -0.15) is 0 Å². The highest BCUT2D eigenvalue weighted by Crippen LogP contribution is 2.18. The monoisotopic (exact) mass is 219 g/mol. The van der Waals surface area contributed by atoms with Crippen LogP contribution < -0.4 is 5.32 Å². The fraction of sp³-hybridized carbons (Fsp3) is 0.600. The molecule has 0 saturated carbocycles. The normalized spacial score (nSPS) is 13.4. The first-order valence-electron chi connectivity index (χ1n) is 6.34. The van der Waals surface area contributed by atoms with Gasteiger partial charge in [-0.25, -0.2) is 0 Å². The topological polar surface area (TPSA) is 12.0 Å². The van der Waals surface area contributed by atoms with Crippen molar-refractivity contribution >= 4 is 0 Å². The Kier molecular flexibility index (Phi) is 5.01. The lowest BCUT2D eigenvalue weighted by Crippen LogP contribution is -2.23. The van der Waals surface area contributed by atoms with Crippen molar-refractivity contribution in [3.63, 3.8) is 0 Å². The van der Waals surface area contributed by atoms with E-state index in [1.807, 2.05) is 0 Å². The maximum atomic E-state index is 3.55. The van der Waals surface area contributed by atoms with E-state index in [1.165, 1.54) is 11.1 Å². The Balaban J connectivity index is 2.59. The molecule has 16 heavy (non-hydrogen) atoms. The summed E-state index contributed by atoms with van der Waals surface area (Å²) in [5.74, 6) is 1.32. The van der Waals surface area contributed by atoms with Gasteiger partial charge in [-0.3, -0.25) is 0 Å². The number of hydrogen-bond donors (Lipinski definition) is 1. The number of benzene rings is 1. The van der Waals surface area contributed by atoms with Gasteiger partial charge in [0.2, 0.25) is 0 Å². The third kappa shape index (κ3) is 3.97. The Morgan fingerprint density at radius 2 is 1.38 bits per heavy atom. The van der Waals surface area contributed by atoms with Gasteiger partial charge in [0.15, 0.2) is 0 Å². The van der Waals surface area contributed by atoms with Crippen LogP contribution in [0.1, 0.15) is 57.7 Å². The largest absolute Gasteiger partial charge is 0.310 e. The molecule has 0 amide bonds. The molecule has 1 nitrogen and oxygen atoms in total. The zero-order valence-corrected chi connectivity index (χ0v) is 11.2. The molecule has 0 fully saturated rings. The lowest BCUT2D eigenvalue weighted by atomic mass is 9.99. The molecule has 0 saturated heterocycles.